The van der Waals surface area contributed by atoms with Gasteiger partial charge in [0.1, 0.15) is 12.1 Å². The Hall–Kier alpha value is -2.14. The second kappa shape index (κ2) is 5.00. The van der Waals surface area contributed by atoms with Crippen molar-refractivity contribution in [2.45, 2.75) is 26.3 Å². The lowest BCUT2D eigenvalue weighted by Crippen LogP contribution is -2.26. The third-order valence-corrected chi connectivity index (χ3v) is 3.23. The first-order chi connectivity index (χ1) is 9.94. The number of aromatic amines is 1. The normalized spacial score (nSPS) is 11.8. The number of nitrogens with zero attached hydrogens (tertiary/aromatic N) is 3. The number of anilines is 1. The van der Waals surface area contributed by atoms with Crippen molar-refractivity contribution in [3.8, 4) is 11.3 Å². The fourth-order valence-electron chi connectivity index (χ4n) is 2.13. The highest BCUT2D eigenvalue weighted by molar-refractivity contribution is 6.30. The number of hydrogen-bond donors (Lipinski definition) is 2. The Morgan fingerprint density at radius 3 is 2.48 bits per heavy atom. The standard InChI is InChI=1S/C15H16ClN5/c1-15(2,3)19-13-11-12(9-4-6-10(16)7-5-9)20-21-14(11)18-8-17-13/h4-8H,1-3H3,(H2,17,18,19,20,21). The van der Waals surface area contributed by atoms with Gasteiger partial charge in [-0.1, -0.05) is 23.7 Å². The van der Waals surface area contributed by atoms with E-state index in [-0.39, 0.29) is 5.54 Å². The lowest BCUT2D eigenvalue weighted by molar-refractivity contribution is 0.631. The van der Waals surface area contributed by atoms with E-state index in [9.17, 15) is 0 Å². The Balaban J connectivity index is 2.18. The summed E-state index contributed by atoms with van der Waals surface area (Å²) >= 11 is 5.95. The Morgan fingerprint density at radius 2 is 1.81 bits per heavy atom. The molecule has 2 aromatic heterocycles. The molecule has 0 fully saturated rings. The van der Waals surface area contributed by atoms with Crippen LogP contribution in [0.15, 0.2) is 30.6 Å². The zero-order chi connectivity index (χ0) is 15.0. The Kier molecular flexibility index (Phi) is 3.29. The minimum absolute atomic E-state index is 0.101. The molecule has 3 rings (SSSR count). The molecule has 0 saturated carbocycles. The Bertz CT molecular complexity index is 771. The Labute approximate surface area is 127 Å². The van der Waals surface area contributed by atoms with E-state index in [1.54, 1.807) is 0 Å². The molecule has 0 bridgehead atoms. The van der Waals surface area contributed by atoms with Gasteiger partial charge in [0, 0.05) is 16.1 Å². The molecule has 5 nitrogen and oxygen atoms in total. The zero-order valence-corrected chi connectivity index (χ0v) is 12.9. The monoisotopic (exact) mass is 301 g/mol. The number of aromatic nitrogens is 4. The maximum absolute atomic E-state index is 5.95. The maximum atomic E-state index is 5.95. The molecule has 6 heteroatoms. The number of halogens is 1. The molecule has 0 saturated heterocycles. The van der Waals surface area contributed by atoms with E-state index in [1.807, 2.05) is 24.3 Å². The average molecular weight is 302 g/mol. The van der Waals surface area contributed by atoms with Gasteiger partial charge < -0.3 is 5.32 Å². The summed E-state index contributed by atoms with van der Waals surface area (Å²) < 4.78 is 0. The molecule has 0 spiro atoms. The molecule has 0 atom stereocenters. The summed E-state index contributed by atoms with van der Waals surface area (Å²) in [5.41, 5.74) is 2.42. The molecule has 1 aromatic carbocycles. The van der Waals surface area contributed by atoms with Crippen molar-refractivity contribution < 1.29 is 0 Å². The van der Waals surface area contributed by atoms with Gasteiger partial charge >= 0.3 is 0 Å². The number of benzene rings is 1. The van der Waals surface area contributed by atoms with Gasteiger partial charge in [0.2, 0.25) is 0 Å². The molecule has 0 radical (unpaired) electrons. The van der Waals surface area contributed by atoms with Crippen molar-refractivity contribution in [1.29, 1.82) is 0 Å². The number of rotatable bonds is 2. The van der Waals surface area contributed by atoms with Crippen molar-refractivity contribution in [1.82, 2.24) is 20.2 Å². The molecule has 108 valence electrons. The van der Waals surface area contributed by atoms with E-state index < -0.39 is 0 Å². The highest BCUT2D eigenvalue weighted by atomic mass is 35.5. The van der Waals surface area contributed by atoms with E-state index in [0.717, 1.165) is 22.5 Å². The first kappa shape index (κ1) is 13.8. The first-order valence-corrected chi connectivity index (χ1v) is 7.05. The van der Waals surface area contributed by atoms with E-state index >= 15 is 0 Å². The molecule has 2 N–H and O–H groups in total. The summed E-state index contributed by atoms with van der Waals surface area (Å²) in [6.07, 6.45) is 1.52. The number of H-pyrrole nitrogens is 1. The fourth-order valence-corrected chi connectivity index (χ4v) is 2.26. The summed E-state index contributed by atoms with van der Waals surface area (Å²) in [5, 5.41) is 12.3. The van der Waals surface area contributed by atoms with Gasteiger partial charge in [-0.3, -0.25) is 5.10 Å². The predicted molar refractivity (Wildman–Crippen MR) is 85.5 cm³/mol. The topological polar surface area (TPSA) is 66.5 Å². The summed E-state index contributed by atoms with van der Waals surface area (Å²) in [4.78, 5) is 8.58. The number of fused-ring (bicyclic) bond motifs is 1. The molecule has 0 aliphatic carbocycles. The minimum atomic E-state index is -0.101. The third kappa shape index (κ3) is 2.83. The van der Waals surface area contributed by atoms with Crippen LogP contribution in [0.1, 0.15) is 20.8 Å². The van der Waals surface area contributed by atoms with Crippen molar-refractivity contribution in [2.24, 2.45) is 0 Å². The molecule has 0 unspecified atom stereocenters. The lowest BCUT2D eigenvalue weighted by atomic mass is 10.1. The zero-order valence-electron chi connectivity index (χ0n) is 12.1. The highest BCUT2D eigenvalue weighted by Crippen LogP contribution is 2.31. The maximum Gasteiger partial charge on any atom is 0.186 e. The molecular formula is C15H16ClN5. The summed E-state index contributed by atoms with van der Waals surface area (Å²) in [6, 6.07) is 7.60. The number of nitrogens with one attached hydrogen (secondary N) is 2. The van der Waals surface area contributed by atoms with Crippen LogP contribution in [0.3, 0.4) is 0 Å². The quantitative estimate of drug-likeness (QED) is 0.753. The smallest absolute Gasteiger partial charge is 0.186 e. The van der Waals surface area contributed by atoms with Gasteiger partial charge in [0.25, 0.3) is 0 Å². The van der Waals surface area contributed by atoms with Crippen LogP contribution in [0.25, 0.3) is 22.3 Å². The molecule has 3 aromatic rings. The van der Waals surface area contributed by atoms with Gasteiger partial charge in [-0.25, -0.2) is 9.97 Å². The largest absolute Gasteiger partial charge is 0.365 e. The van der Waals surface area contributed by atoms with Gasteiger partial charge in [0.15, 0.2) is 5.65 Å². The molecule has 0 aliphatic rings. The summed E-state index contributed by atoms with van der Waals surface area (Å²) in [5.74, 6) is 0.770. The van der Waals surface area contributed by atoms with Crippen LogP contribution in [0.4, 0.5) is 5.82 Å². The average Bonchev–Trinajstić information content (AvgIpc) is 2.83. The van der Waals surface area contributed by atoms with Crippen molar-refractivity contribution in [2.75, 3.05) is 5.32 Å². The second-order valence-corrected chi connectivity index (χ2v) is 6.34. The summed E-state index contributed by atoms with van der Waals surface area (Å²) in [6.45, 7) is 6.26. The van der Waals surface area contributed by atoms with Gasteiger partial charge in [0.05, 0.1) is 11.1 Å². The molecule has 21 heavy (non-hydrogen) atoms. The van der Waals surface area contributed by atoms with Crippen molar-refractivity contribution in [3.05, 3.63) is 35.6 Å². The van der Waals surface area contributed by atoms with Crippen LogP contribution in [-0.4, -0.2) is 25.7 Å². The molecular weight excluding hydrogens is 286 g/mol. The fraction of sp³-hybridized carbons (Fsp3) is 0.267. The van der Waals surface area contributed by atoms with Crippen molar-refractivity contribution >= 4 is 28.5 Å². The van der Waals surface area contributed by atoms with E-state index in [4.69, 9.17) is 11.6 Å². The van der Waals surface area contributed by atoms with Gasteiger partial charge in [-0.05, 0) is 32.9 Å². The van der Waals surface area contributed by atoms with Crippen LogP contribution in [0.5, 0.6) is 0 Å². The van der Waals surface area contributed by atoms with Gasteiger partial charge in [-0.2, -0.15) is 5.10 Å². The van der Waals surface area contributed by atoms with Crippen LogP contribution >= 0.6 is 11.6 Å². The molecule has 0 aliphatic heterocycles. The highest BCUT2D eigenvalue weighted by Gasteiger charge is 2.18. The van der Waals surface area contributed by atoms with E-state index in [0.29, 0.717) is 10.7 Å². The molecule has 2 heterocycles. The van der Waals surface area contributed by atoms with Crippen molar-refractivity contribution in [3.63, 3.8) is 0 Å². The predicted octanol–water partition coefficient (Wildman–Crippen LogP) is 3.88. The SMILES string of the molecule is CC(C)(C)Nc1ncnc2n[nH]c(-c3ccc(Cl)cc3)c12. The minimum Gasteiger partial charge on any atom is -0.365 e. The molecule has 0 amide bonds. The Morgan fingerprint density at radius 1 is 1.10 bits per heavy atom. The van der Waals surface area contributed by atoms with Gasteiger partial charge in [-0.15, -0.1) is 0 Å². The first-order valence-electron chi connectivity index (χ1n) is 6.67. The van der Waals surface area contributed by atoms with E-state index in [2.05, 4.69) is 46.3 Å². The third-order valence-electron chi connectivity index (χ3n) is 2.98. The van der Waals surface area contributed by atoms with Crippen LogP contribution in [0, 0.1) is 0 Å². The number of hydrogen-bond acceptors (Lipinski definition) is 4. The van der Waals surface area contributed by atoms with Crippen LogP contribution < -0.4 is 5.32 Å². The lowest BCUT2D eigenvalue weighted by Gasteiger charge is -2.21. The van der Waals surface area contributed by atoms with E-state index in [1.165, 1.54) is 6.33 Å². The summed E-state index contributed by atoms with van der Waals surface area (Å²) in [7, 11) is 0. The van der Waals surface area contributed by atoms with Crippen LogP contribution in [-0.2, 0) is 0 Å². The second-order valence-electron chi connectivity index (χ2n) is 5.90. The van der Waals surface area contributed by atoms with Crippen LogP contribution in [0.2, 0.25) is 5.02 Å².